The van der Waals surface area contributed by atoms with Gasteiger partial charge in [0.25, 0.3) is 0 Å². The third-order valence-corrected chi connectivity index (χ3v) is 2.64. The molecule has 0 heterocycles. The van der Waals surface area contributed by atoms with E-state index < -0.39 is 17.5 Å². The Labute approximate surface area is 89.2 Å². The van der Waals surface area contributed by atoms with Crippen molar-refractivity contribution in [1.29, 1.82) is 0 Å². The van der Waals surface area contributed by atoms with E-state index in [0.717, 1.165) is 12.8 Å². The minimum Gasteiger partial charge on any atom is -0.480 e. The minimum atomic E-state index is -1.04. The summed E-state index contributed by atoms with van der Waals surface area (Å²) in [4.78, 5) is 22.5. The maximum absolute atomic E-state index is 11.4. The molecule has 15 heavy (non-hydrogen) atoms. The Kier molecular flexibility index (Phi) is 3.55. The first-order chi connectivity index (χ1) is 6.96. The van der Waals surface area contributed by atoms with E-state index >= 15 is 0 Å². The number of rotatable bonds is 3. The highest BCUT2D eigenvalue weighted by molar-refractivity contribution is 5.86. The van der Waals surface area contributed by atoms with Crippen LogP contribution in [-0.2, 0) is 4.79 Å². The van der Waals surface area contributed by atoms with Crippen LogP contribution in [0.1, 0.15) is 39.5 Å². The summed E-state index contributed by atoms with van der Waals surface area (Å²) in [6.07, 6.45) is 2.75. The van der Waals surface area contributed by atoms with Gasteiger partial charge in [-0.05, 0) is 26.7 Å². The highest BCUT2D eigenvalue weighted by Gasteiger charge is 2.42. The standard InChI is InChI=1S/C10H18N2O3/c1-7(2)11-9(15)12-10(8(13)14)5-3-4-6-10/h7H,3-6H2,1-2H3,(H,13,14)(H2,11,12,15). The molecule has 0 bridgehead atoms. The Morgan fingerprint density at radius 1 is 1.27 bits per heavy atom. The zero-order valence-corrected chi connectivity index (χ0v) is 9.17. The zero-order chi connectivity index (χ0) is 11.5. The van der Waals surface area contributed by atoms with Gasteiger partial charge in [0.2, 0.25) is 0 Å². The van der Waals surface area contributed by atoms with Crippen LogP contribution in [0.15, 0.2) is 0 Å². The first kappa shape index (κ1) is 11.8. The number of hydrogen-bond acceptors (Lipinski definition) is 2. The molecule has 0 aliphatic heterocycles. The Morgan fingerprint density at radius 2 is 1.80 bits per heavy atom. The number of carboxylic acids is 1. The van der Waals surface area contributed by atoms with Crippen LogP contribution in [0.25, 0.3) is 0 Å². The molecule has 86 valence electrons. The number of nitrogens with one attached hydrogen (secondary N) is 2. The van der Waals surface area contributed by atoms with Crippen molar-refractivity contribution in [2.75, 3.05) is 0 Å². The molecule has 3 N–H and O–H groups in total. The number of amides is 2. The van der Waals surface area contributed by atoms with Crippen LogP contribution in [0.5, 0.6) is 0 Å². The number of carboxylic acid groups (broad SMARTS) is 1. The predicted molar refractivity (Wildman–Crippen MR) is 55.6 cm³/mol. The Bertz CT molecular complexity index is 257. The van der Waals surface area contributed by atoms with E-state index in [0.29, 0.717) is 12.8 Å². The van der Waals surface area contributed by atoms with E-state index in [2.05, 4.69) is 10.6 Å². The molecule has 1 fully saturated rings. The van der Waals surface area contributed by atoms with Gasteiger partial charge in [-0.1, -0.05) is 12.8 Å². The fourth-order valence-corrected chi connectivity index (χ4v) is 1.89. The molecule has 0 unspecified atom stereocenters. The van der Waals surface area contributed by atoms with E-state index in [4.69, 9.17) is 5.11 Å². The normalized spacial score (nSPS) is 18.9. The van der Waals surface area contributed by atoms with Crippen LogP contribution < -0.4 is 10.6 Å². The van der Waals surface area contributed by atoms with Crippen molar-refractivity contribution >= 4 is 12.0 Å². The summed E-state index contributed by atoms with van der Waals surface area (Å²) in [5.74, 6) is -0.932. The van der Waals surface area contributed by atoms with Gasteiger partial charge < -0.3 is 15.7 Å². The maximum Gasteiger partial charge on any atom is 0.329 e. The first-order valence-electron chi connectivity index (χ1n) is 5.28. The van der Waals surface area contributed by atoms with Crippen molar-refractivity contribution in [2.24, 2.45) is 0 Å². The van der Waals surface area contributed by atoms with Gasteiger partial charge in [-0.25, -0.2) is 9.59 Å². The highest BCUT2D eigenvalue weighted by Crippen LogP contribution is 2.29. The number of urea groups is 1. The topological polar surface area (TPSA) is 78.4 Å². The molecular formula is C10H18N2O3. The van der Waals surface area contributed by atoms with Crippen molar-refractivity contribution in [1.82, 2.24) is 10.6 Å². The molecule has 0 spiro atoms. The highest BCUT2D eigenvalue weighted by atomic mass is 16.4. The van der Waals surface area contributed by atoms with Crippen molar-refractivity contribution in [3.8, 4) is 0 Å². The number of aliphatic carboxylic acids is 1. The summed E-state index contributed by atoms with van der Waals surface area (Å²) in [6.45, 7) is 3.67. The summed E-state index contributed by atoms with van der Waals surface area (Å²) in [5.41, 5.74) is -1.04. The smallest absolute Gasteiger partial charge is 0.329 e. The summed E-state index contributed by atoms with van der Waals surface area (Å²) in [7, 11) is 0. The van der Waals surface area contributed by atoms with E-state index in [1.807, 2.05) is 13.8 Å². The average molecular weight is 214 g/mol. The van der Waals surface area contributed by atoms with Crippen LogP contribution in [0.4, 0.5) is 4.79 Å². The monoisotopic (exact) mass is 214 g/mol. The van der Waals surface area contributed by atoms with Gasteiger partial charge in [-0.3, -0.25) is 0 Å². The van der Waals surface area contributed by atoms with Crippen LogP contribution in [0.3, 0.4) is 0 Å². The molecule has 0 aromatic carbocycles. The van der Waals surface area contributed by atoms with Crippen molar-refractivity contribution in [3.63, 3.8) is 0 Å². The van der Waals surface area contributed by atoms with Crippen LogP contribution in [0.2, 0.25) is 0 Å². The second kappa shape index (κ2) is 4.51. The zero-order valence-electron chi connectivity index (χ0n) is 9.17. The third-order valence-electron chi connectivity index (χ3n) is 2.64. The molecule has 0 saturated heterocycles. The summed E-state index contributed by atoms with van der Waals surface area (Å²) >= 11 is 0. The van der Waals surface area contributed by atoms with Gasteiger partial charge >= 0.3 is 12.0 Å². The van der Waals surface area contributed by atoms with Crippen molar-refractivity contribution < 1.29 is 14.7 Å². The number of carbonyl (C=O) groups excluding carboxylic acids is 1. The van der Waals surface area contributed by atoms with Gasteiger partial charge in [0.05, 0.1) is 0 Å². The lowest BCUT2D eigenvalue weighted by Gasteiger charge is -2.26. The Morgan fingerprint density at radius 3 is 2.20 bits per heavy atom. The molecular weight excluding hydrogens is 196 g/mol. The third kappa shape index (κ3) is 2.84. The average Bonchev–Trinajstić information content (AvgIpc) is 2.52. The molecule has 1 saturated carbocycles. The van der Waals surface area contributed by atoms with E-state index in [1.165, 1.54) is 0 Å². The first-order valence-corrected chi connectivity index (χ1v) is 5.28. The second-order valence-corrected chi connectivity index (χ2v) is 4.35. The quantitative estimate of drug-likeness (QED) is 0.658. The molecule has 1 aliphatic carbocycles. The maximum atomic E-state index is 11.4. The second-order valence-electron chi connectivity index (χ2n) is 4.35. The number of carbonyl (C=O) groups is 2. The van der Waals surface area contributed by atoms with Gasteiger partial charge in [-0.15, -0.1) is 0 Å². The molecule has 0 radical (unpaired) electrons. The molecule has 5 nitrogen and oxygen atoms in total. The van der Waals surface area contributed by atoms with Crippen molar-refractivity contribution in [2.45, 2.75) is 51.1 Å². The largest absolute Gasteiger partial charge is 0.480 e. The fourth-order valence-electron chi connectivity index (χ4n) is 1.89. The fraction of sp³-hybridized carbons (Fsp3) is 0.800. The summed E-state index contributed by atoms with van der Waals surface area (Å²) < 4.78 is 0. The summed E-state index contributed by atoms with van der Waals surface area (Å²) in [6, 6.07) is -0.383. The lowest BCUT2D eigenvalue weighted by atomic mass is 9.98. The molecule has 2 amide bonds. The van der Waals surface area contributed by atoms with Gasteiger partial charge in [0, 0.05) is 6.04 Å². The Balaban J connectivity index is 2.59. The SMILES string of the molecule is CC(C)NC(=O)NC1(C(=O)O)CCCC1. The molecule has 1 aliphatic rings. The summed E-state index contributed by atoms with van der Waals surface area (Å²) in [5, 5.41) is 14.3. The van der Waals surface area contributed by atoms with E-state index in [1.54, 1.807) is 0 Å². The van der Waals surface area contributed by atoms with Gasteiger partial charge in [0.1, 0.15) is 5.54 Å². The van der Waals surface area contributed by atoms with Gasteiger partial charge in [-0.2, -0.15) is 0 Å². The number of hydrogen-bond donors (Lipinski definition) is 3. The predicted octanol–water partition coefficient (Wildman–Crippen LogP) is 1.09. The molecule has 0 aromatic rings. The van der Waals surface area contributed by atoms with E-state index in [9.17, 15) is 9.59 Å². The molecule has 0 aromatic heterocycles. The van der Waals surface area contributed by atoms with Crippen LogP contribution in [0, 0.1) is 0 Å². The molecule has 1 rings (SSSR count). The van der Waals surface area contributed by atoms with Crippen molar-refractivity contribution in [3.05, 3.63) is 0 Å². The lowest BCUT2D eigenvalue weighted by molar-refractivity contribution is -0.144. The van der Waals surface area contributed by atoms with Crippen LogP contribution >= 0.6 is 0 Å². The Hall–Kier alpha value is -1.26. The lowest BCUT2D eigenvalue weighted by Crippen LogP contribution is -2.56. The minimum absolute atomic E-state index is 0.0113. The molecule has 5 heteroatoms. The van der Waals surface area contributed by atoms with E-state index in [-0.39, 0.29) is 6.04 Å². The van der Waals surface area contributed by atoms with Crippen LogP contribution in [-0.4, -0.2) is 28.7 Å². The molecule has 0 atom stereocenters. The van der Waals surface area contributed by atoms with Gasteiger partial charge in [0.15, 0.2) is 0 Å².